The minimum atomic E-state index is -3.79. The lowest BCUT2D eigenvalue weighted by Gasteiger charge is -2.16. The highest BCUT2D eigenvalue weighted by molar-refractivity contribution is 7.93. The number of hydrogen-bond donors (Lipinski definition) is 1. The number of hydrogen-bond acceptors (Lipinski definition) is 6. The molecular weight excluding hydrogens is 384 g/mol. The van der Waals surface area contributed by atoms with Gasteiger partial charge >= 0.3 is 0 Å². The zero-order valence-electron chi connectivity index (χ0n) is 15.0. The predicted molar refractivity (Wildman–Crippen MR) is 106 cm³/mol. The minimum Gasteiger partial charge on any atom is -0.326 e. The second-order valence-corrected chi connectivity index (χ2v) is 8.81. The Bertz CT molecular complexity index is 1080. The molecule has 0 bridgehead atoms. The number of carbonyl (C=O) groups is 1. The van der Waals surface area contributed by atoms with Crippen molar-refractivity contribution in [3.05, 3.63) is 54.1 Å². The van der Waals surface area contributed by atoms with E-state index in [4.69, 9.17) is 0 Å². The third-order valence-electron chi connectivity index (χ3n) is 3.89. The molecule has 7 nitrogen and oxygen atoms in total. The quantitative estimate of drug-likeness (QED) is 0.707. The van der Waals surface area contributed by atoms with Crippen LogP contribution >= 0.6 is 11.3 Å². The Kier molecular flexibility index (Phi) is 5.24. The highest BCUT2D eigenvalue weighted by Gasteiger charge is 2.24. The summed E-state index contributed by atoms with van der Waals surface area (Å²) in [6.07, 6.45) is 0. The van der Waals surface area contributed by atoms with Crippen molar-refractivity contribution in [1.82, 2.24) is 10.2 Å². The molecular formula is C18H18N4O3S2. The van der Waals surface area contributed by atoms with E-state index in [1.807, 2.05) is 31.2 Å². The van der Waals surface area contributed by atoms with Gasteiger partial charge in [0.25, 0.3) is 10.0 Å². The minimum absolute atomic E-state index is 0.103. The lowest BCUT2D eigenvalue weighted by molar-refractivity contribution is -0.114. The monoisotopic (exact) mass is 402 g/mol. The molecule has 2 aromatic carbocycles. The number of nitrogens with one attached hydrogen (secondary N) is 1. The van der Waals surface area contributed by atoms with E-state index in [0.717, 1.165) is 15.4 Å². The maximum absolute atomic E-state index is 12.9. The van der Waals surface area contributed by atoms with Crippen molar-refractivity contribution < 1.29 is 13.2 Å². The average Bonchev–Trinajstić information content (AvgIpc) is 3.11. The third-order valence-corrected chi connectivity index (χ3v) is 6.80. The number of aromatic nitrogens is 2. The van der Waals surface area contributed by atoms with Gasteiger partial charge in [0.05, 0.1) is 4.90 Å². The van der Waals surface area contributed by atoms with Gasteiger partial charge in [-0.25, -0.2) is 12.7 Å². The predicted octanol–water partition coefficient (Wildman–Crippen LogP) is 3.30. The number of nitrogens with zero attached hydrogens (tertiary/aromatic N) is 3. The SMILES string of the molecule is CC(=O)Nc1ccc(S(=O)(=O)N(C)c2nnc(-c3ccccc3C)s2)cc1. The Hall–Kier alpha value is -2.78. The molecule has 1 heterocycles. The van der Waals surface area contributed by atoms with Gasteiger partial charge in [0.15, 0.2) is 0 Å². The van der Waals surface area contributed by atoms with Gasteiger partial charge in [-0.3, -0.25) is 4.79 Å². The molecule has 0 fully saturated rings. The van der Waals surface area contributed by atoms with Crippen LogP contribution in [0.25, 0.3) is 10.6 Å². The summed E-state index contributed by atoms with van der Waals surface area (Å²) in [7, 11) is -2.34. The van der Waals surface area contributed by atoms with Gasteiger partial charge in [-0.15, -0.1) is 10.2 Å². The molecule has 0 aliphatic heterocycles. The summed E-state index contributed by atoms with van der Waals surface area (Å²) in [4.78, 5) is 11.2. The Morgan fingerprint density at radius 3 is 2.37 bits per heavy atom. The maximum Gasteiger partial charge on any atom is 0.265 e. The van der Waals surface area contributed by atoms with E-state index in [0.29, 0.717) is 10.7 Å². The van der Waals surface area contributed by atoms with Gasteiger partial charge in [-0.2, -0.15) is 0 Å². The second-order valence-electron chi connectivity index (χ2n) is 5.88. The van der Waals surface area contributed by atoms with Crippen molar-refractivity contribution in [3.63, 3.8) is 0 Å². The highest BCUT2D eigenvalue weighted by Crippen LogP contribution is 2.32. The highest BCUT2D eigenvalue weighted by atomic mass is 32.2. The Balaban J connectivity index is 1.87. The van der Waals surface area contributed by atoms with Crippen LogP contribution in [0.3, 0.4) is 0 Å². The van der Waals surface area contributed by atoms with E-state index in [1.165, 1.54) is 37.4 Å². The summed E-state index contributed by atoms with van der Waals surface area (Å²) in [5.41, 5.74) is 2.49. The number of carbonyl (C=O) groups excluding carboxylic acids is 1. The fourth-order valence-electron chi connectivity index (χ4n) is 2.44. The Morgan fingerprint density at radius 1 is 1.07 bits per heavy atom. The molecule has 3 rings (SSSR count). The zero-order chi connectivity index (χ0) is 19.6. The van der Waals surface area contributed by atoms with Crippen LogP contribution in [0.1, 0.15) is 12.5 Å². The molecule has 9 heteroatoms. The van der Waals surface area contributed by atoms with Crippen LogP contribution in [-0.2, 0) is 14.8 Å². The van der Waals surface area contributed by atoms with Crippen molar-refractivity contribution in [2.75, 3.05) is 16.7 Å². The van der Waals surface area contributed by atoms with Gasteiger partial charge in [-0.1, -0.05) is 35.6 Å². The van der Waals surface area contributed by atoms with Gasteiger partial charge in [0.2, 0.25) is 11.0 Å². The van der Waals surface area contributed by atoms with Crippen molar-refractivity contribution >= 4 is 38.1 Å². The van der Waals surface area contributed by atoms with Crippen LogP contribution in [-0.4, -0.2) is 31.6 Å². The average molecular weight is 403 g/mol. The summed E-state index contributed by atoms with van der Waals surface area (Å²) >= 11 is 1.21. The molecule has 0 unspecified atom stereocenters. The topological polar surface area (TPSA) is 92.3 Å². The Labute approximate surface area is 161 Å². The van der Waals surface area contributed by atoms with Gasteiger partial charge in [-0.05, 0) is 36.8 Å². The van der Waals surface area contributed by atoms with Crippen LogP contribution in [0.2, 0.25) is 0 Å². The molecule has 140 valence electrons. The van der Waals surface area contributed by atoms with E-state index in [-0.39, 0.29) is 15.9 Å². The number of rotatable bonds is 5. The normalized spacial score (nSPS) is 11.2. The van der Waals surface area contributed by atoms with Crippen molar-refractivity contribution in [1.29, 1.82) is 0 Å². The standard InChI is InChI=1S/C18H18N4O3S2/c1-12-6-4-5-7-16(12)17-20-21-18(26-17)22(3)27(24,25)15-10-8-14(9-11-15)19-13(2)23/h4-11H,1-3H3,(H,19,23). The lowest BCUT2D eigenvalue weighted by atomic mass is 10.1. The van der Waals surface area contributed by atoms with E-state index in [1.54, 1.807) is 12.1 Å². The summed E-state index contributed by atoms with van der Waals surface area (Å²) in [6, 6.07) is 13.7. The number of aryl methyl sites for hydroxylation is 1. The molecule has 1 N–H and O–H groups in total. The zero-order valence-corrected chi connectivity index (χ0v) is 16.6. The third kappa shape index (κ3) is 3.99. The first kappa shape index (κ1) is 19.0. The molecule has 0 aliphatic carbocycles. The van der Waals surface area contributed by atoms with Crippen molar-refractivity contribution in [2.45, 2.75) is 18.7 Å². The first-order valence-corrected chi connectivity index (χ1v) is 10.3. The number of benzene rings is 2. The second kappa shape index (κ2) is 7.45. The van der Waals surface area contributed by atoms with Crippen LogP contribution < -0.4 is 9.62 Å². The molecule has 0 saturated carbocycles. The summed E-state index contributed by atoms with van der Waals surface area (Å²) in [5.74, 6) is -0.222. The van der Waals surface area contributed by atoms with Crippen molar-refractivity contribution in [2.24, 2.45) is 0 Å². The number of sulfonamides is 1. The Morgan fingerprint density at radius 2 is 1.74 bits per heavy atom. The van der Waals surface area contributed by atoms with Crippen molar-refractivity contribution in [3.8, 4) is 10.6 Å². The van der Waals surface area contributed by atoms with Gasteiger partial charge in [0.1, 0.15) is 5.01 Å². The van der Waals surface area contributed by atoms with Crippen LogP contribution in [0.15, 0.2) is 53.4 Å². The van der Waals surface area contributed by atoms with E-state index in [2.05, 4.69) is 15.5 Å². The summed E-state index contributed by atoms with van der Waals surface area (Å²) in [5, 5.41) is 11.7. The first-order chi connectivity index (χ1) is 12.8. The lowest BCUT2D eigenvalue weighted by Crippen LogP contribution is -2.26. The fourth-order valence-corrected chi connectivity index (χ4v) is 4.69. The molecule has 1 amide bonds. The molecule has 3 aromatic rings. The summed E-state index contributed by atoms with van der Waals surface area (Å²) in [6.45, 7) is 3.35. The molecule has 0 aliphatic rings. The van der Waals surface area contributed by atoms with Crippen LogP contribution in [0, 0.1) is 6.92 Å². The summed E-state index contributed by atoms with van der Waals surface area (Å²) < 4.78 is 26.8. The van der Waals surface area contributed by atoms with Gasteiger partial charge in [0, 0.05) is 25.2 Å². The molecule has 27 heavy (non-hydrogen) atoms. The van der Waals surface area contributed by atoms with Crippen LogP contribution in [0.4, 0.5) is 10.8 Å². The van der Waals surface area contributed by atoms with Gasteiger partial charge < -0.3 is 5.32 Å². The van der Waals surface area contributed by atoms with E-state index >= 15 is 0 Å². The van der Waals surface area contributed by atoms with E-state index in [9.17, 15) is 13.2 Å². The van der Waals surface area contributed by atoms with E-state index < -0.39 is 10.0 Å². The largest absolute Gasteiger partial charge is 0.326 e. The molecule has 0 spiro atoms. The van der Waals surface area contributed by atoms with Crippen LogP contribution in [0.5, 0.6) is 0 Å². The maximum atomic E-state index is 12.9. The smallest absolute Gasteiger partial charge is 0.265 e. The molecule has 0 saturated heterocycles. The molecule has 0 radical (unpaired) electrons. The number of anilines is 2. The fraction of sp³-hybridized carbons (Fsp3) is 0.167. The first-order valence-electron chi connectivity index (χ1n) is 8.05. The molecule has 0 atom stereocenters. The number of amides is 1. The molecule has 1 aromatic heterocycles.